The molecule has 0 heterocycles. The molecule has 0 aromatic heterocycles. The molecule has 0 aliphatic rings. The van der Waals surface area contributed by atoms with Gasteiger partial charge in [0.15, 0.2) is 0 Å². The zero-order valence-corrected chi connectivity index (χ0v) is 10.9. The first-order chi connectivity index (χ1) is 7.62. The molecule has 0 amide bonds. The van der Waals surface area contributed by atoms with E-state index < -0.39 is 5.60 Å². The van der Waals surface area contributed by atoms with Crippen LogP contribution in [0, 0.1) is 0 Å². The Morgan fingerprint density at radius 1 is 1.25 bits per heavy atom. The minimum absolute atomic E-state index is 0.577. The number of aliphatic hydroxyl groups is 1. The Morgan fingerprint density at radius 2 is 2.00 bits per heavy atom. The van der Waals surface area contributed by atoms with Gasteiger partial charge in [-0.1, -0.05) is 13.3 Å². The van der Waals surface area contributed by atoms with Crippen LogP contribution >= 0.6 is 0 Å². The molecule has 0 rings (SSSR count). The SMILES string of the molecule is CCCCOCCNCC(C)(O)CCOC. The van der Waals surface area contributed by atoms with Gasteiger partial charge in [-0.25, -0.2) is 0 Å². The Labute approximate surface area is 99.3 Å². The third kappa shape index (κ3) is 10.4. The van der Waals surface area contributed by atoms with Gasteiger partial charge in [-0.15, -0.1) is 0 Å². The van der Waals surface area contributed by atoms with Crippen molar-refractivity contribution in [2.75, 3.05) is 40.0 Å². The fraction of sp³-hybridized carbons (Fsp3) is 1.00. The lowest BCUT2D eigenvalue weighted by atomic mass is 10.0. The number of hydrogen-bond donors (Lipinski definition) is 2. The van der Waals surface area contributed by atoms with E-state index in [0.29, 0.717) is 26.2 Å². The predicted octanol–water partition coefficient (Wildman–Crippen LogP) is 1.18. The molecule has 16 heavy (non-hydrogen) atoms. The molecule has 4 heteroatoms. The smallest absolute Gasteiger partial charge is 0.0765 e. The minimum atomic E-state index is -0.695. The Morgan fingerprint density at radius 3 is 2.62 bits per heavy atom. The summed E-state index contributed by atoms with van der Waals surface area (Å²) in [5, 5.41) is 13.1. The fourth-order valence-electron chi connectivity index (χ4n) is 1.26. The molecule has 0 aromatic carbocycles. The summed E-state index contributed by atoms with van der Waals surface area (Å²) in [6.07, 6.45) is 2.93. The molecule has 0 aliphatic heterocycles. The summed E-state index contributed by atoms with van der Waals surface area (Å²) in [5.74, 6) is 0. The minimum Gasteiger partial charge on any atom is -0.389 e. The van der Waals surface area contributed by atoms with Crippen LogP contribution in [0.5, 0.6) is 0 Å². The quantitative estimate of drug-likeness (QED) is 0.526. The topological polar surface area (TPSA) is 50.7 Å². The van der Waals surface area contributed by atoms with Gasteiger partial charge in [0, 0.05) is 39.8 Å². The first-order valence-electron chi connectivity index (χ1n) is 6.12. The van der Waals surface area contributed by atoms with Gasteiger partial charge in [-0.2, -0.15) is 0 Å². The highest BCUT2D eigenvalue weighted by Gasteiger charge is 2.18. The standard InChI is InChI=1S/C12H27NO3/c1-4-5-8-16-10-7-13-11-12(2,14)6-9-15-3/h13-14H,4-11H2,1-3H3. The highest BCUT2D eigenvalue weighted by atomic mass is 16.5. The molecule has 0 saturated carbocycles. The maximum absolute atomic E-state index is 9.90. The van der Waals surface area contributed by atoms with E-state index >= 15 is 0 Å². The van der Waals surface area contributed by atoms with Crippen molar-refractivity contribution in [3.05, 3.63) is 0 Å². The maximum atomic E-state index is 9.90. The molecular formula is C12H27NO3. The lowest BCUT2D eigenvalue weighted by molar-refractivity contribution is 0.0232. The highest BCUT2D eigenvalue weighted by Crippen LogP contribution is 2.06. The van der Waals surface area contributed by atoms with Crippen molar-refractivity contribution in [2.24, 2.45) is 0 Å². The van der Waals surface area contributed by atoms with Crippen molar-refractivity contribution in [3.63, 3.8) is 0 Å². The molecule has 4 nitrogen and oxygen atoms in total. The first kappa shape index (κ1) is 15.8. The molecule has 2 N–H and O–H groups in total. The van der Waals surface area contributed by atoms with Crippen LogP contribution in [0.4, 0.5) is 0 Å². The van der Waals surface area contributed by atoms with Crippen LogP contribution in [0.1, 0.15) is 33.1 Å². The van der Waals surface area contributed by atoms with Crippen molar-refractivity contribution in [1.29, 1.82) is 0 Å². The van der Waals surface area contributed by atoms with Crippen LogP contribution in [0.15, 0.2) is 0 Å². The molecule has 0 saturated heterocycles. The van der Waals surface area contributed by atoms with Crippen LogP contribution in [0.2, 0.25) is 0 Å². The molecule has 0 bridgehead atoms. The lowest BCUT2D eigenvalue weighted by Gasteiger charge is -2.23. The van der Waals surface area contributed by atoms with E-state index in [9.17, 15) is 5.11 Å². The Balaban J connectivity index is 3.29. The largest absolute Gasteiger partial charge is 0.389 e. The normalized spacial score (nSPS) is 15.0. The summed E-state index contributed by atoms with van der Waals surface area (Å²) in [5.41, 5.74) is -0.695. The van der Waals surface area contributed by atoms with Crippen LogP contribution in [0.3, 0.4) is 0 Å². The van der Waals surface area contributed by atoms with Gasteiger partial charge in [0.1, 0.15) is 0 Å². The van der Waals surface area contributed by atoms with Crippen LogP contribution in [-0.4, -0.2) is 50.7 Å². The van der Waals surface area contributed by atoms with Crippen molar-refractivity contribution >= 4 is 0 Å². The maximum Gasteiger partial charge on any atom is 0.0765 e. The van der Waals surface area contributed by atoms with Crippen LogP contribution < -0.4 is 5.32 Å². The number of hydrogen-bond acceptors (Lipinski definition) is 4. The third-order valence-electron chi connectivity index (χ3n) is 2.42. The summed E-state index contributed by atoms with van der Waals surface area (Å²) in [4.78, 5) is 0. The molecule has 1 unspecified atom stereocenters. The summed E-state index contributed by atoms with van der Waals surface area (Å²) in [7, 11) is 1.64. The number of ether oxygens (including phenoxy) is 2. The average Bonchev–Trinajstić information content (AvgIpc) is 2.25. The van der Waals surface area contributed by atoms with Crippen LogP contribution in [-0.2, 0) is 9.47 Å². The first-order valence-corrected chi connectivity index (χ1v) is 6.12. The van der Waals surface area contributed by atoms with Crippen molar-refractivity contribution < 1.29 is 14.6 Å². The second-order valence-corrected chi connectivity index (χ2v) is 4.38. The number of nitrogens with one attached hydrogen (secondary N) is 1. The van der Waals surface area contributed by atoms with Gasteiger partial charge < -0.3 is 19.9 Å². The van der Waals surface area contributed by atoms with Gasteiger partial charge in [0.05, 0.1) is 12.2 Å². The molecule has 0 spiro atoms. The van der Waals surface area contributed by atoms with Gasteiger partial charge in [-0.3, -0.25) is 0 Å². The highest BCUT2D eigenvalue weighted by molar-refractivity contribution is 4.74. The molecule has 0 fully saturated rings. The zero-order valence-electron chi connectivity index (χ0n) is 10.9. The third-order valence-corrected chi connectivity index (χ3v) is 2.42. The summed E-state index contributed by atoms with van der Waals surface area (Å²) >= 11 is 0. The molecule has 0 aliphatic carbocycles. The van der Waals surface area contributed by atoms with Gasteiger partial charge in [-0.05, 0) is 13.3 Å². The van der Waals surface area contributed by atoms with Crippen molar-refractivity contribution in [2.45, 2.75) is 38.7 Å². The van der Waals surface area contributed by atoms with Crippen LogP contribution in [0.25, 0.3) is 0 Å². The number of methoxy groups -OCH3 is 1. The Hall–Kier alpha value is -0.160. The number of rotatable bonds is 11. The summed E-state index contributed by atoms with van der Waals surface area (Å²) < 4.78 is 10.3. The predicted molar refractivity (Wildman–Crippen MR) is 65.7 cm³/mol. The van der Waals surface area contributed by atoms with E-state index in [1.807, 2.05) is 6.92 Å². The Bertz CT molecular complexity index is 151. The second kappa shape index (κ2) is 10.0. The lowest BCUT2D eigenvalue weighted by Crippen LogP contribution is -2.39. The van der Waals surface area contributed by atoms with E-state index in [-0.39, 0.29) is 0 Å². The monoisotopic (exact) mass is 233 g/mol. The average molecular weight is 233 g/mol. The van der Waals surface area contributed by atoms with E-state index in [4.69, 9.17) is 9.47 Å². The number of unbranched alkanes of at least 4 members (excludes halogenated alkanes) is 1. The van der Waals surface area contributed by atoms with Crippen molar-refractivity contribution in [1.82, 2.24) is 5.32 Å². The van der Waals surface area contributed by atoms with Gasteiger partial charge in [0.2, 0.25) is 0 Å². The molecule has 0 aromatic rings. The van der Waals surface area contributed by atoms with E-state index in [2.05, 4.69) is 12.2 Å². The summed E-state index contributed by atoms with van der Waals surface area (Å²) in [6, 6.07) is 0. The van der Waals surface area contributed by atoms with Gasteiger partial charge in [0.25, 0.3) is 0 Å². The molecule has 0 radical (unpaired) electrons. The molecular weight excluding hydrogens is 206 g/mol. The van der Waals surface area contributed by atoms with Crippen molar-refractivity contribution in [3.8, 4) is 0 Å². The van der Waals surface area contributed by atoms with E-state index in [1.54, 1.807) is 7.11 Å². The van der Waals surface area contributed by atoms with Gasteiger partial charge >= 0.3 is 0 Å². The zero-order chi connectivity index (χ0) is 12.3. The fourth-order valence-corrected chi connectivity index (χ4v) is 1.26. The summed E-state index contributed by atoms with van der Waals surface area (Å²) in [6.45, 7) is 7.45. The molecule has 1 atom stereocenters. The van der Waals surface area contributed by atoms with E-state index in [0.717, 1.165) is 19.6 Å². The Kier molecular flexibility index (Phi) is 9.92. The molecule has 98 valence electrons. The second-order valence-electron chi connectivity index (χ2n) is 4.38. The van der Waals surface area contributed by atoms with E-state index in [1.165, 1.54) is 6.42 Å².